The van der Waals surface area contributed by atoms with Crippen molar-refractivity contribution in [3.63, 3.8) is 0 Å². The van der Waals surface area contributed by atoms with Crippen molar-refractivity contribution < 1.29 is 22.8 Å². The number of nitrogens with zero attached hydrogens (tertiary/aromatic N) is 3. The Hall–Kier alpha value is -2.05. The predicted octanol–water partition coefficient (Wildman–Crippen LogP) is 1.79. The smallest absolute Gasteiger partial charge is 0.246 e. The number of rotatable bonds is 4. The van der Waals surface area contributed by atoms with Crippen LogP contribution in [0.5, 0.6) is 0 Å². The minimum Gasteiger partial charge on any atom is -0.357 e. The molecule has 28 heavy (non-hydrogen) atoms. The van der Waals surface area contributed by atoms with Crippen LogP contribution in [0.15, 0.2) is 17.1 Å². The molecule has 0 bridgehead atoms. The fourth-order valence-electron chi connectivity index (χ4n) is 2.62. The molecule has 1 heterocycles. The third kappa shape index (κ3) is 6.24. The number of hydrogen-bond acceptors (Lipinski definition) is 3. The lowest BCUT2D eigenvalue weighted by Gasteiger charge is -2.36. The number of carbonyl (C=O) groups excluding carboxylic acids is 2. The summed E-state index contributed by atoms with van der Waals surface area (Å²) in [7, 11) is 0. The van der Waals surface area contributed by atoms with Gasteiger partial charge in [-0.15, -0.1) is 24.0 Å². The highest BCUT2D eigenvalue weighted by Crippen LogP contribution is 2.19. The van der Waals surface area contributed by atoms with Gasteiger partial charge in [-0.3, -0.25) is 9.59 Å². The van der Waals surface area contributed by atoms with Crippen molar-refractivity contribution in [2.24, 2.45) is 4.99 Å². The molecule has 0 atom stereocenters. The van der Waals surface area contributed by atoms with E-state index in [-0.39, 0.29) is 36.4 Å². The molecule has 1 aliphatic rings. The molecule has 2 N–H and O–H groups in total. The highest BCUT2D eigenvalue weighted by atomic mass is 127. The van der Waals surface area contributed by atoms with Gasteiger partial charge in [0, 0.05) is 39.6 Å². The van der Waals surface area contributed by atoms with Crippen molar-refractivity contribution in [3.8, 4) is 0 Å². The van der Waals surface area contributed by atoms with E-state index in [1.807, 2.05) is 11.8 Å². The van der Waals surface area contributed by atoms with Crippen molar-refractivity contribution in [2.75, 3.05) is 44.6 Å². The van der Waals surface area contributed by atoms with Crippen LogP contribution in [0.2, 0.25) is 0 Å². The van der Waals surface area contributed by atoms with Crippen LogP contribution in [0.3, 0.4) is 0 Å². The Morgan fingerprint density at radius 1 is 1.07 bits per heavy atom. The van der Waals surface area contributed by atoms with E-state index in [0.29, 0.717) is 38.7 Å². The molecule has 156 valence electrons. The van der Waals surface area contributed by atoms with Crippen molar-refractivity contribution in [2.45, 2.75) is 13.8 Å². The molecule has 0 saturated carbocycles. The van der Waals surface area contributed by atoms with Gasteiger partial charge in [-0.05, 0) is 19.1 Å². The number of aliphatic imine (C=N–C) groups is 1. The molecule has 1 fully saturated rings. The second-order valence-electron chi connectivity index (χ2n) is 5.93. The number of amides is 2. The van der Waals surface area contributed by atoms with E-state index in [0.717, 1.165) is 12.1 Å². The summed E-state index contributed by atoms with van der Waals surface area (Å²) in [6, 6.07) is 1.68. The molecular formula is C17H23F3IN5O2. The van der Waals surface area contributed by atoms with Gasteiger partial charge in [-0.25, -0.2) is 18.2 Å². The van der Waals surface area contributed by atoms with E-state index < -0.39 is 29.0 Å². The van der Waals surface area contributed by atoms with Crippen molar-refractivity contribution in [3.05, 3.63) is 29.6 Å². The van der Waals surface area contributed by atoms with Gasteiger partial charge in [0.2, 0.25) is 11.8 Å². The second-order valence-corrected chi connectivity index (χ2v) is 5.93. The average molecular weight is 513 g/mol. The Morgan fingerprint density at radius 2 is 1.68 bits per heavy atom. The second kappa shape index (κ2) is 11.1. The van der Waals surface area contributed by atoms with Crippen molar-refractivity contribution >= 4 is 47.4 Å². The maximum Gasteiger partial charge on any atom is 0.246 e. The standard InChI is InChI=1S/C17H22F3N5O2.HI/c1-3-21-17(25-8-6-24(7-9-25)11(2)26)22-10-14(27)23-13-5-4-12(18)15(19)16(13)20;/h4-5H,3,6-10H2,1-2H3,(H,21,22)(H,23,27);1H. The number of hydrogen-bond donors (Lipinski definition) is 2. The highest BCUT2D eigenvalue weighted by molar-refractivity contribution is 14.0. The minimum absolute atomic E-state index is 0. The molecule has 0 spiro atoms. The number of nitrogens with one attached hydrogen (secondary N) is 2. The van der Waals surface area contributed by atoms with Gasteiger partial charge in [-0.1, -0.05) is 0 Å². The van der Waals surface area contributed by atoms with Gasteiger partial charge in [0.15, 0.2) is 23.4 Å². The van der Waals surface area contributed by atoms with Crippen LogP contribution in [-0.4, -0.2) is 66.8 Å². The summed E-state index contributed by atoms with van der Waals surface area (Å²) in [5, 5.41) is 5.23. The third-order valence-electron chi connectivity index (χ3n) is 4.04. The third-order valence-corrected chi connectivity index (χ3v) is 4.04. The Balaban J connectivity index is 0.00000392. The molecule has 1 aromatic rings. The summed E-state index contributed by atoms with van der Waals surface area (Å²) in [6.45, 7) is 5.85. The molecule has 1 saturated heterocycles. The van der Waals surface area contributed by atoms with E-state index in [1.54, 1.807) is 4.90 Å². The monoisotopic (exact) mass is 513 g/mol. The number of carbonyl (C=O) groups is 2. The molecule has 7 nitrogen and oxygen atoms in total. The Labute approximate surface area is 178 Å². The van der Waals surface area contributed by atoms with Crippen molar-refractivity contribution in [1.29, 1.82) is 0 Å². The molecule has 0 aromatic heterocycles. The molecule has 0 unspecified atom stereocenters. The summed E-state index contributed by atoms with van der Waals surface area (Å²) in [5.41, 5.74) is -0.450. The van der Waals surface area contributed by atoms with Gasteiger partial charge in [0.05, 0.1) is 5.69 Å². The first-order valence-corrected chi connectivity index (χ1v) is 8.55. The fourth-order valence-corrected chi connectivity index (χ4v) is 2.62. The van der Waals surface area contributed by atoms with E-state index in [9.17, 15) is 22.8 Å². The number of piperazine rings is 1. The molecule has 0 radical (unpaired) electrons. The molecule has 1 aliphatic heterocycles. The van der Waals surface area contributed by atoms with E-state index >= 15 is 0 Å². The first-order chi connectivity index (χ1) is 12.8. The maximum atomic E-state index is 13.6. The van der Waals surface area contributed by atoms with Crippen LogP contribution in [0, 0.1) is 17.5 Å². The minimum atomic E-state index is -1.65. The topological polar surface area (TPSA) is 77.0 Å². The average Bonchev–Trinajstić information content (AvgIpc) is 2.65. The summed E-state index contributed by atoms with van der Waals surface area (Å²) < 4.78 is 39.8. The van der Waals surface area contributed by atoms with Crippen molar-refractivity contribution in [1.82, 2.24) is 15.1 Å². The van der Waals surface area contributed by atoms with Crippen LogP contribution in [0.4, 0.5) is 18.9 Å². The van der Waals surface area contributed by atoms with Gasteiger partial charge < -0.3 is 20.4 Å². The number of anilines is 1. The highest BCUT2D eigenvalue weighted by Gasteiger charge is 2.21. The SMILES string of the molecule is CCNC(=NCC(=O)Nc1ccc(F)c(F)c1F)N1CCN(C(C)=O)CC1.I. The van der Waals surface area contributed by atoms with Crippen LogP contribution in [0.25, 0.3) is 0 Å². The largest absolute Gasteiger partial charge is 0.357 e. The van der Waals surface area contributed by atoms with E-state index in [2.05, 4.69) is 15.6 Å². The first kappa shape index (κ1) is 24.0. The molecule has 1 aromatic carbocycles. The zero-order valence-electron chi connectivity index (χ0n) is 15.6. The first-order valence-electron chi connectivity index (χ1n) is 8.55. The molecule has 11 heteroatoms. The number of halogens is 4. The summed E-state index contributed by atoms with van der Waals surface area (Å²) in [4.78, 5) is 31.2. The zero-order valence-corrected chi connectivity index (χ0v) is 17.9. The van der Waals surface area contributed by atoms with E-state index in [4.69, 9.17) is 0 Å². The molecule has 2 rings (SSSR count). The lowest BCUT2D eigenvalue weighted by atomic mass is 10.2. The normalized spacial score (nSPS) is 14.4. The molecule has 0 aliphatic carbocycles. The molecule has 2 amide bonds. The van der Waals surface area contributed by atoms with Gasteiger partial charge in [-0.2, -0.15) is 0 Å². The predicted molar refractivity (Wildman–Crippen MR) is 110 cm³/mol. The van der Waals surface area contributed by atoms with Crippen LogP contribution in [-0.2, 0) is 9.59 Å². The maximum absolute atomic E-state index is 13.6. The Bertz CT molecular complexity index is 740. The van der Waals surface area contributed by atoms with Gasteiger partial charge in [0.25, 0.3) is 0 Å². The quantitative estimate of drug-likeness (QED) is 0.279. The number of benzene rings is 1. The number of guanidine groups is 1. The Kier molecular flexibility index (Phi) is 9.49. The molecular weight excluding hydrogens is 490 g/mol. The summed E-state index contributed by atoms with van der Waals surface area (Å²) >= 11 is 0. The lowest BCUT2D eigenvalue weighted by molar-refractivity contribution is -0.130. The zero-order chi connectivity index (χ0) is 20.0. The van der Waals surface area contributed by atoms with Gasteiger partial charge in [0.1, 0.15) is 6.54 Å². The summed E-state index contributed by atoms with van der Waals surface area (Å²) in [6.07, 6.45) is 0. The van der Waals surface area contributed by atoms with E-state index in [1.165, 1.54) is 6.92 Å². The van der Waals surface area contributed by atoms with Gasteiger partial charge >= 0.3 is 0 Å². The fraction of sp³-hybridized carbons (Fsp3) is 0.471. The van der Waals surface area contributed by atoms with Crippen LogP contribution >= 0.6 is 24.0 Å². The Morgan fingerprint density at radius 3 is 2.25 bits per heavy atom. The lowest BCUT2D eigenvalue weighted by Crippen LogP contribution is -2.53. The van der Waals surface area contributed by atoms with Crippen LogP contribution in [0.1, 0.15) is 13.8 Å². The van der Waals surface area contributed by atoms with Crippen LogP contribution < -0.4 is 10.6 Å². The summed E-state index contributed by atoms with van der Waals surface area (Å²) in [5.74, 6) is -4.61.